The van der Waals surface area contributed by atoms with Crippen molar-refractivity contribution in [3.8, 4) is 0 Å². The molecule has 1 aliphatic heterocycles. The number of ether oxygens (including phenoxy) is 3. The van der Waals surface area contributed by atoms with E-state index in [2.05, 4.69) is 5.32 Å². The molecule has 0 aromatic heterocycles. The molecule has 0 aliphatic carbocycles. The van der Waals surface area contributed by atoms with Crippen molar-refractivity contribution in [2.24, 2.45) is 0 Å². The predicted molar refractivity (Wildman–Crippen MR) is 64.3 cm³/mol. The average molecular weight is 287 g/mol. The largest absolute Gasteiger partial charge is 0.458 e. The third kappa shape index (κ3) is 4.87. The van der Waals surface area contributed by atoms with Crippen LogP contribution in [0.2, 0.25) is 0 Å². The second-order valence-electron chi connectivity index (χ2n) is 4.37. The van der Waals surface area contributed by atoms with Gasteiger partial charge in [-0.15, -0.1) is 0 Å². The van der Waals surface area contributed by atoms with Crippen LogP contribution >= 0.6 is 0 Å². The molecule has 3 atom stereocenters. The summed E-state index contributed by atoms with van der Waals surface area (Å²) in [6.07, 6.45) is -2.83. The van der Waals surface area contributed by atoms with E-state index < -0.39 is 42.1 Å². The van der Waals surface area contributed by atoms with Gasteiger partial charge in [-0.1, -0.05) is 0 Å². The Bertz CT molecular complexity index is 420. The summed E-state index contributed by atoms with van der Waals surface area (Å²) in [5.41, 5.74) is 0. The number of hydrogen-bond donors (Lipinski definition) is 1. The van der Waals surface area contributed by atoms with Gasteiger partial charge in [-0.25, -0.2) is 0 Å². The minimum absolute atomic E-state index is 0.0197. The molecule has 20 heavy (non-hydrogen) atoms. The maximum atomic E-state index is 11.7. The number of carbonyl (C=O) groups is 4. The molecule has 0 saturated carbocycles. The molecule has 0 unspecified atom stereocenters. The molecule has 0 radical (unpaired) electrons. The molecule has 0 aromatic carbocycles. The molecule has 1 N–H and O–H groups in total. The Balaban J connectivity index is 2.87. The molecule has 0 bridgehead atoms. The zero-order valence-corrected chi connectivity index (χ0v) is 11.5. The van der Waals surface area contributed by atoms with Crippen LogP contribution in [0.4, 0.5) is 0 Å². The van der Waals surface area contributed by atoms with Crippen LogP contribution < -0.4 is 5.32 Å². The van der Waals surface area contributed by atoms with Crippen LogP contribution in [0.25, 0.3) is 0 Å². The van der Waals surface area contributed by atoms with Gasteiger partial charge in [0, 0.05) is 27.2 Å². The Kier molecular flexibility index (Phi) is 5.48. The van der Waals surface area contributed by atoms with Crippen LogP contribution in [0.3, 0.4) is 0 Å². The van der Waals surface area contributed by atoms with E-state index in [9.17, 15) is 19.2 Å². The minimum atomic E-state index is -1.09. The molecule has 112 valence electrons. The molecular weight excluding hydrogens is 270 g/mol. The van der Waals surface area contributed by atoms with Gasteiger partial charge in [0.15, 0.2) is 12.2 Å². The third-order valence-electron chi connectivity index (χ3n) is 2.57. The lowest BCUT2D eigenvalue weighted by molar-refractivity contribution is -0.168. The van der Waals surface area contributed by atoms with Gasteiger partial charge < -0.3 is 19.5 Å². The lowest BCUT2D eigenvalue weighted by atomic mass is 10.1. The summed E-state index contributed by atoms with van der Waals surface area (Å²) in [6.45, 7) is 3.56. The first-order valence-electron chi connectivity index (χ1n) is 6.09. The molecule has 0 spiro atoms. The first kappa shape index (κ1) is 15.9. The summed E-state index contributed by atoms with van der Waals surface area (Å²) in [4.78, 5) is 44.8. The summed E-state index contributed by atoms with van der Waals surface area (Å²) in [5, 5.41) is 2.47. The van der Waals surface area contributed by atoms with Crippen LogP contribution in [-0.4, -0.2) is 48.7 Å². The van der Waals surface area contributed by atoms with E-state index in [-0.39, 0.29) is 13.0 Å². The maximum Gasteiger partial charge on any atom is 0.303 e. The Labute approximate surface area is 115 Å². The Morgan fingerprint density at radius 2 is 1.45 bits per heavy atom. The standard InChI is InChI=1S/C12H17NO7/c1-6(14)18-9-4-10(19-7(2)15)12(17)13-5-11(9)20-8(3)16/h9-11H,4-5H2,1-3H3,(H,13,17)/t9-,10-,11-/m1/s1. The van der Waals surface area contributed by atoms with Crippen molar-refractivity contribution in [3.05, 3.63) is 0 Å². The SMILES string of the molecule is CC(=O)O[C@@H]1C[C@@H](OC(C)=O)[C@H](OC(C)=O)CNC1=O. The van der Waals surface area contributed by atoms with Crippen molar-refractivity contribution < 1.29 is 33.4 Å². The predicted octanol–water partition coefficient (Wildman–Crippen LogP) is -0.699. The van der Waals surface area contributed by atoms with Gasteiger partial charge in [-0.3, -0.25) is 19.2 Å². The fourth-order valence-corrected chi connectivity index (χ4v) is 1.89. The number of carbonyl (C=O) groups excluding carboxylic acids is 4. The van der Waals surface area contributed by atoms with Crippen LogP contribution in [0.15, 0.2) is 0 Å². The smallest absolute Gasteiger partial charge is 0.303 e. The van der Waals surface area contributed by atoms with E-state index >= 15 is 0 Å². The second-order valence-corrected chi connectivity index (χ2v) is 4.37. The highest BCUT2D eigenvalue weighted by molar-refractivity contribution is 5.83. The zero-order valence-electron chi connectivity index (χ0n) is 11.5. The van der Waals surface area contributed by atoms with E-state index in [0.717, 1.165) is 0 Å². The summed E-state index contributed by atoms with van der Waals surface area (Å²) in [7, 11) is 0. The van der Waals surface area contributed by atoms with Gasteiger partial charge in [0.25, 0.3) is 5.91 Å². The van der Waals surface area contributed by atoms with Gasteiger partial charge in [-0.05, 0) is 0 Å². The molecule has 8 nitrogen and oxygen atoms in total. The lowest BCUT2D eigenvalue weighted by Crippen LogP contribution is -2.40. The van der Waals surface area contributed by atoms with Crippen LogP contribution in [0.5, 0.6) is 0 Å². The van der Waals surface area contributed by atoms with Gasteiger partial charge in [0.2, 0.25) is 0 Å². The quantitative estimate of drug-likeness (QED) is 0.540. The lowest BCUT2D eigenvalue weighted by Gasteiger charge is -2.24. The first-order valence-corrected chi connectivity index (χ1v) is 6.09. The van der Waals surface area contributed by atoms with Crippen molar-refractivity contribution in [3.63, 3.8) is 0 Å². The van der Waals surface area contributed by atoms with Crippen LogP contribution in [0, 0.1) is 0 Å². The van der Waals surface area contributed by atoms with Crippen molar-refractivity contribution >= 4 is 23.8 Å². The van der Waals surface area contributed by atoms with E-state index in [1.165, 1.54) is 20.8 Å². The van der Waals surface area contributed by atoms with Crippen molar-refractivity contribution in [1.82, 2.24) is 5.32 Å². The number of hydrogen-bond acceptors (Lipinski definition) is 7. The number of rotatable bonds is 3. The Morgan fingerprint density at radius 1 is 0.950 bits per heavy atom. The average Bonchev–Trinajstić information content (AvgIpc) is 2.41. The molecule has 1 saturated heterocycles. The normalized spacial score (nSPS) is 25.9. The highest BCUT2D eigenvalue weighted by atomic mass is 16.6. The van der Waals surface area contributed by atoms with E-state index in [4.69, 9.17) is 14.2 Å². The fourth-order valence-electron chi connectivity index (χ4n) is 1.89. The topological polar surface area (TPSA) is 108 Å². The van der Waals surface area contributed by atoms with Gasteiger partial charge in [0.05, 0.1) is 6.54 Å². The summed E-state index contributed by atoms with van der Waals surface area (Å²) in [6, 6.07) is 0. The molecule has 1 fully saturated rings. The van der Waals surface area contributed by atoms with E-state index in [1.807, 2.05) is 0 Å². The summed E-state index contributed by atoms with van der Waals surface area (Å²) in [5.74, 6) is -2.29. The molecule has 1 heterocycles. The first-order chi connectivity index (χ1) is 9.29. The molecule has 1 amide bonds. The van der Waals surface area contributed by atoms with Crippen LogP contribution in [0.1, 0.15) is 27.2 Å². The Hall–Kier alpha value is -2.12. The second kappa shape index (κ2) is 6.88. The van der Waals surface area contributed by atoms with Crippen molar-refractivity contribution in [2.45, 2.75) is 45.5 Å². The van der Waals surface area contributed by atoms with Crippen LogP contribution in [-0.2, 0) is 33.4 Å². The molecule has 1 aliphatic rings. The summed E-state index contributed by atoms with van der Waals surface area (Å²) >= 11 is 0. The minimum Gasteiger partial charge on any atom is -0.458 e. The van der Waals surface area contributed by atoms with Crippen molar-refractivity contribution in [1.29, 1.82) is 0 Å². The highest BCUT2D eigenvalue weighted by Crippen LogP contribution is 2.17. The Morgan fingerprint density at radius 3 is 1.95 bits per heavy atom. The van der Waals surface area contributed by atoms with Gasteiger partial charge in [0.1, 0.15) is 6.10 Å². The maximum absolute atomic E-state index is 11.7. The summed E-state index contributed by atoms with van der Waals surface area (Å²) < 4.78 is 14.9. The number of esters is 3. The molecule has 0 aromatic rings. The molecular formula is C12H17NO7. The fraction of sp³-hybridized carbons (Fsp3) is 0.667. The third-order valence-corrected chi connectivity index (χ3v) is 2.57. The molecule has 1 rings (SSSR count). The zero-order chi connectivity index (χ0) is 15.3. The van der Waals surface area contributed by atoms with Gasteiger partial charge in [-0.2, -0.15) is 0 Å². The monoisotopic (exact) mass is 287 g/mol. The number of amides is 1. The van der Waals surface area contributed by atoms with E-state index in [0.29, 0.717) is 0 Å². The highest BCUT2D eigenvalue weighted by Gasteiger charge is 2.38. The van der Waals surface area contributed by atoms with E-state index in [1.54, 1.807) is 0 Å². The van der Waals surface area contributed by atoms with Gasteiger partial charge >= 0.3 is 17.9 Å². The molecule has 8 heteroatoms. The van der Waals surface area contributed by atoms with Crippen molar-refractivity contribution in [2.75, 3.05) is 6.54 Å². The number of nitrogens with one attached hydrogen (secondary N) is 1.